The molecule has 0 nitrogen and oxygen atoms in total. The monoisotopic (exact) mass is 218 g/mol. The highest BCUT2D eigenvalue weighted by Crippen LogP contribution is 2.31. The molecule has 0 atom stereocenters. The zero-order valence-corrected chi connectivity index (χ0v) is 9.93. The molecule has 0 amide bonds. The lowest BCUT2D eigenvalue weighted by atomic mass is 10.1. The molecule has 1 heteroatoms. The molecule has 1 aromatic carbocycles. The van der Waals surface area contributed by atoms with Crippen molar-refractivity contribution in [2.45, 2.75) is 43.4 Å². The van der Waals surface area contributed by atoms with Gasteiger partial charge >= 0.3 is 0 Å². The number of rotatable bonds is 2. The Morgan fingerprint density at radius 1 is 0.867 bits per heavy atom. The zero-order chi connectivity index (χ0) is 10.3. The highest BCUT2D eigenvalue weighted by Gasteiger charge is 2.03. The van der Waals surface area contributed by atoms with Gasteiger partial charge < -0.3 is 0 Å². The van der Waals surface area contributed by atoms with E-state index in [2.05, 4.69) is 36.4 Å². The molecule has 0 unspecified atom stereocenters. The summed E-state index contributed by atoms with van der Waals surface area (Å²) in [4.78, 5) is 2.95. The van der Waals surface area contributed by atoms with Crippen molar-refractivity contribution in [1.82, 2.24) is 0 Å². The van der Waals surface area contributed by atoms with Gasteiger partial charge in [-0.15, -0.1) is 0 Å². The minimum absolute atomic E-state index is 1.27. The smallest absolute Gasteiger partial charge is 0.0118 e. The van der Waals surface area contributed by atoms with Gasteiger partial charge in [-0.1, -0.05) is 48.9 Å². The minimum atomic E-state index is 1.27. The fraction of sp³-hybridized carbons (Fsp3) is 0.429. The first-order chi connectivity index (χ1) is 7.45. The normalized spacial score (nSPS) is 21.2. The van der Waals surface area contributed by atoms with Crippen molar-refractivity contribution in [3.63, 3.8) is 0 Å². The topological polar surface area (TPSA) is 0 Å². The third kappa shape index (κ3) is 3.75. The van der Waals surface area contributed by atoms with Gasteiger partial charge in [0.25, 0.3) is 0 Å². The molecular weight excluding hydrogens is 200 g/mol. The van der Waals surface area contributed by atoms with Crippen LogP contribution in [0.4, 0.5) is 0 Å². The zero-order valence-electron chi connectivity index (χ0n) is 9.11. The number of allylic oxidation sites excluding steroid dienone is 2. The van der Waals surface area contributed by atoms with Gasteiger partial charge in [0, 0.05) is 4.90 Å². The van der Waals surface area contributed by atoms with E-state index in [-0.39, 0.29) is 0 Å². The fourth-order valence-corrected chi connectivity index (χ4v) is 2.94. The Kier molecular flexibility index (Phi) is 4.34. The largest absolute Gasteiger partial charge is 0.0949 e. The van der Waals surface area contributed by atoms with Gasteiger partial charge in [-0.05, 0) is 42.7 Å². The molecule has 1 aliphatic carbocycles. The summed E-state index contributed by atoms with van der Waals surface area (Å²) in [5, 5.41) is 0. The van der Waals surface area contributed by atoms with E-state index in [1.54, 1.807) is 4.91 Å². The highest BCUT2D eigenvalue weighted by molar-refractivity contribution is 8.03. The summed E-state index contributed by atoms with van der Waals surface area (Å²) < 4.78 is 0. The summed E-state index contributed by atoms with van der Waals surface area (Å²) in [5.41, 5.74) is 0. The number of thioether (sulfide) groups is 1. The number of hydrogen-bond acceptors (Lipinski definition) is 1. The van der Waals surface area contributed by atoms with E-state index < -0.39 is 0 Å². The lowest BCUT2D eigenvalue weighted by Crippen LogP contribution is -1.87. The molecule has 0 aromatic heterocycles. The molecule has 80 valence electrons. The Balaban J connectivity index is 1.97. The van der Waals surface area contributed by atoms with Crippen molar-refractivity contribution >= 4 is 11.8 Å². The highest BCUT2D eigenvalue weighted by atomic mass is 32.2. The van der Waals surface area contributed by atoms with E-state index >= 15 is 0 Å². The summed E-state index contributed by atoms with van der Waals surface area (Å²) in [6, 6.07) is 10.7. The first-order valence-electron chi connectivity index (χ1n) is 5.87. The maximum Gasteiger partial charge on any atom is 0.0118 e. The molecule has 0 aliphatic heterocycles. The maximum absolute atomic E-state index is 2.44. The third-order valence-electron chi connectivity index (χ3n) is 2.74. The Morgan fingerprint density at radius 3 is 2.53 bits per heavy atom. The summed E-state index contributed by atoms with van der Waals surface area (Å²) >= 11 is 1.95. The van der Waals surface area contributed by atoms with Gasteiger partial charge in [-0.25, -0.2) is 0 Å². The third-order valence-corrected chi connectivity index (χ3v) is 3.88. The van der Waals surface area contributed by atoms with E-state index in [9.17, 15) is 0 Å². The molecule has 1 aliphatic rings. The summed E-state index contributed by atoms with van der Waals surface area (Å²) in [6.07, 6.45) is 10.6. The van der Waals surface area contributed by atoms with Crippen LogP contribution in [0, 0.1) is 0 Å². The second-order valence-corrected chi connectivity index (χ2v) is 5.24. The summed E-state index contributed by atoms with van der Waals surface area (Å²) in [5.74, 6) is 0. The predicted octanol–water partition coefficient (Wildman–Crippen LogP) is 5.02. The van der Waals surface area contributed by atoms with Crippen LogP contribution in [0.3, 0.4) is 0 Å². The molecule has 1 aromatic rings. The first kappa shape index (κ1) is 10.8. The molecule has 2 rings (SSSR count). The van der Waals surface area contributed by atoms with Crippen LogP contribution in [0.25, 0.3) is 0 Å². The summed E-state index contributed by atoms with van der Waals surface area (Å²) in [6.45, 7) is 0. The molecule has 15 heavy (non-hydrogen) atoms. The van der Waals surface area contributed by atoms with Crippen molar-refractivity contribution in [1.29, 1.82) is 0 Å². The van der Waals surface area contributed by atoms with Crippen molar-refractivity contribution in [2.75, 3.05) is 0 Å². The van der Waals surface area contributed by atoms with E-state index in [0.29, 0.717) is 0 Å². The van der Waals surface area contributed by atoms with Crippen molar-refractivity contribution in [3.05, 3.63) is 41.3 Å². The Hall–Kier alpha value is -0.690. The van der Waals surface area contributed by atoms with Crippen LogP contribution in [-0.4, -0.2) is 0 Å². The molecule has 0 spiro atoms. The molecule has 0 fully saturated rings. The van der Waals surface area contributed by atoms with Crippen LogP contribution in [0.2, 0.25) is 0 Å². The van der Waals surface area contributed by atoms with Crippen molar-refractivity contribution in [3.8, 4) is 0 Å². The molecule has 0 bridgehead atoms. The quantitative estimate of drug-likeness (QED) is 0.672. The molecule has 0 heterocycles. The number of benzene rings is 1. The fourth-order valence-electron chi connectivity index (χ4n) is 1.89. The van der Waals surface area contributed by atoms with Gasteiger partial charge in [-0.3, -0.25) is 0 Å². The molecule has 0 saturated carbocycles. The van der Waals surface area contributed by atoms with E-state index in [0.717, 1.165) is 0 Å². The van der Waals surface area contributed by atoms with Crippen LogP contribution in [0.1, 0.15) is 38.5 Å². The Bertz CT molecular complexity index is 313. The van der Waals surface area contributed by atoms with Gasteiger partial charge in [0.05, 0.1) is 0 Å². The second kappa shape index (κ2) is 6.02. The van der Waals surface area contributed by atoms with E-state index in [1.165, 1.54) is 43.4 Å². The molecule has 0 radical (unpaired) electrons. The molecular formula is C14H18S. The summed E-state index contributed by atoms with van der Waals surface area (Å²) in [7, 11) is 0. The van der Waals surface area contributed by atoms with Gasteiger partial charge in [-0.2, -0.15) is 0 Å². The Morgan fingerprint density at radius 2 is 1.67 bits per heavy atom. The predicted molar refractivity (Wildman–Crippen MR) is 68.1 cm³/mol. The van der Waals surface area contributed by atoms with E-state index in [4.69, 9.17) is 0 Å². The average Bonchev–Trinajstić information content (AvgIpc) is 2.23. The Labute approximate surface area is 96.8 Å². The molecule has 0 saturated heterocycles. The van der Waals surface area contributed by atoms with Gasteiger partial charge in [0.15, 0.2) is 0 Å². The maximum atomic E-state index is 2.44. The van der Waals surface area contributed by atoms with Crippen molar-refractivity contribution < 1.29 is 0 Å². The lowest BCUT2D eigenvalue weighted by Gasteiger charge is -2.10. The minimum Gasteiger partial charge on any atom is -0.0949 e. The van der Waals surface area contributed by atoms with Crippen LogP contribution in [-0.2, 0) is 0 Å². The van der Waals surface area contributed by atoms with Gasteiger partial charge in [0.2, 0.25) is 0 Å². The SMILES string of the molecule is C1=C(/Sc2ccccc2)CCCCCC/1. The standard InChI is InChI=1S/C14H18S/c1-2-5-9-13(10-6-3-1)15-14-11-7-4-8-12-14/h4,7-9,11-12H,1-3,5-6,10H2/b13-9+. The molecule has 0 N–H and O–H groups in total. The van der Waals surface area contributed by atoms with Crippen molar-refractivity contribution in [2.24, 2.45) is 0 Å². The van der Waals surface area contributed by atoms with Crippen LogP contribution < -0.4 is 0 Å². The van der Waals surface area contributed by atoms with Crippen LogP contribution in [0.15, 0.2) is 46.2 Å². The van der Waals surface area contributed by atoms with Crippen LogP contribution >= 0.6 is 11.8 Å². The van der Waals surface area contributed by atoms with E-state index in [1.807, 2.05) is 11.8 Å². The lowest BCUT2D eigenvalue weighted by molar-refractivity contribution is 0.635. The van der Waals surface area contributed by atoms with Gasteiger partial charge in [0.1, 0.15) is 0 Å². The second-order valence-electron chi connectivity index (χ2n) is 4.04. The first-order valence-corrected chi connectivity index (χ1v) is 6.69. The van der Waals surface area contributed by atoms with Crippen LogP contribution in [0.5, 0.6) is 0 Å². The number of hydrogen-bond donors (Lipinski definition) is 0. The average molecular weight is 218 g/mol.